The van der Waals surface area contributed by atoms with Gasteiger partial charge in [-0.05, 0) is 32.2 Å². The lowest BCUT2D eigenvalue weighted by atomic mass is 10.1. The monoisotopic (exact) mass is 276 g/mol. The van der Waals surface area contributed by atoms with Crippen molar-refractivity contribution >= 4 is 10.0 Å². The molecule has 1 heterocycles. The normalized spacial score (nSPS) is 19.2. The van der Waals surface area contributed by atoms with E-state index in [0.29, 0.717) is 31.3 Å². The highest BCUT2D eigenvalue weighted by atomic mass is 32.2. The number of sulfonamides is 1. The van der Waals surface area contributed by atoms with Crippen molar-refractivity contribution < 1.29 is 8.42 Å². The predicted molar refractivity (Wildman–Crippen MR) is 76.2 cm³/mol. The second-order valence-electron chi connectivity index (χ2n) is 5.15. The Hall–Kier alpha value is -0.130. The number of piperidine rings is 1. The maximum absolute atomic E-state index is 11.9. The molecule has 0 amide bonds. The van der Waals surface area contributed by atoms with Crippen molar-refractivity contribution in [3.05, 3.63) is 0 Å². The zero-order valence-corrected chi connectivity index (χ0v) is 12.6. The summed E-state index contributed by atoms with van der Waals surface area (Å²) in [6.45, 7) is 6.57. The van der Waals surface area contributed by atoms with Crippen molar-refractivity contribution in [2.24, 2.45) is 0 Å². The lowest BCUT2D eigenvalue weighted by Crippen LogP contribution is -2.45. The summed E-state index contributed by atoms with van der Waals surface area (Å²) in [7, 11) is -2.98. The molecule has 0 atom stereocenters. The van der Waals surface area contributed by atoms with Gasteiger partial charge in [0.05, 0.1) is 5.75 Å². The summed E-state index contributed by atoms with van der Waals surface area (Å²) in [5, 5.41) is 3.54. The van der Waals surface area contributed by atoms with Crippen molar-refractivity contribution in [2.45, 2.75) is 58.4 Å². The standard InChI is InChI=1S/C13H28N2O2S/c1-3-5-6-9-14-13-7-10-15(11-8-13)18(16,17)12-4-2/h13-14H,3-12H2,1-2H3. The van der Waals surface area contributed by atoms with Crippen LogP contribution in [-0.4, -0.2) is 44.2 Å². The van der Waals surface area contributed by atoms with Crippen LogP contribution in [0.25, 0.3) is 0 Å². The van der Waals surface area contributed by atoms with Gasteiger partial charge in [-0.1, -0.05) is 26.7 Å². The molecule has 4 nitrogen and oxygen atoms in total. The maximum Gasteiger partial charge on any atom is 0.214 e. The SMILES string of the molecule is CCCCCNC1CCN(S(=O)(=O)CCC)CC1. The molecule has 1 aliphatic rings. The number of nitrogens with one attached hydrogen (secondary N) is 1. The van der Waals surface area contributed by atoms with Gasteiger partial charge in [-0.3, -0.25) is 0 Å². The molecular formula is C13H28N2O2S. The molecular weight excluding hydrogens is 248 g/mol. The fourth-order valence-corrected chi connectivity index (χ4v) is 3.95. The molecule has 0 saturated carbocycles. The van der Waals surface area contributed by atoms with E-state index in [-0.39, 0.29) is 0 Å². The van der Waals surface area contributed by atoms with Gasteiger partial charge in [0.1, 0.15) is 0 Å². The molecule has 0 aromatic heterocycles. The van der Waals surface area contributed by atoms with Gasteiger partial charge < -0.3 is 5.32 Å². The van der Waals surface area contributed by atoms with E-state index >= 15 is 0 Å². The van der Waals surface area contributed by atoms with Crippen molar-refractivity contribution in [3.8, 4) is 0 Å². The topological polar surface area (TPSA) is 49.4 Å². The summed E-state index contributed by atoms with van der Waals surface area (Å²) in [6, 6.07) is 0.509. The smallest absolute Gasteiger partial charge is 0.214 e. The van der Waals surface area contributed by atoms with E-state index in [4.69, 9.17) is 0 Å². The molecule has 1 N–H and O–H groups in total. The van der Waals surface area contributed by atoms with Gasteiger partial charge >= 0.3 is 0 Å². The fourth-order valence-electron chi connectivity index (χ4n) is 2.41. The van der Waals surface area contributed by atoms with Crippen LogP contribution in [0.1, 0.15) is 52.4 Å². The first-order chi connectivity index (χ1) is 8.60. The van der Waals surface area contributed by atoms with Gasteiger partial charge in [-0.25, -0.2) is 12.7 Å². The first-order valence-corrected chi connectivity index (χ1v) is 8.92. The van der Waals surface area contributed by atoms with Crippen LogP contribution in [0.15, 0.2) is 0 Å². The molecule has 0 aliphatic carbocycles. The van der Waals surface area contributed by atoms with Gasteiger partial charge in [0.25, 0.3) is 0 Å². The number of rotatable bonds is 8. The third-order valence-electron chi connectivity index (χ3n) is 3.52. The summed E-state index contributed by atoms with van der Waals surface area (Å²) in [4.78, 5) is 0. The largest absolute Gasteiger partial charge is 0.314 e. The molecule has 108 valence electrons. The Kier molecular flexibility index (Phi) is 7.19. The lowest BCUT2D eigenvalue weighted by molar-refractivity contribution is 0.289. The van der Waals surface area contributed by atoms with Crippen molar-refractivity contribution in [1.82, 2.24) is 9.62 Å². The molecule has 0 unspecified atom stereocenters. The summed E-state index contributed by atoms with van der Waals surface area (Å²) in [6.07, 6.45) is 6.36. The van der Waals surface area contributed by atoms with Gasteiger partial charge in [0, 0.05) is 19.1 Å². The third-order valence-corrected chi connectivity index (χ3v) is 5.60. The van der Waals surface area contributed by atoms with Crippen LogP contribution in [0.5, 0.6) is 0 Å². The van der Waals surface area contributed by atoms with Crippen LogP contribution < -0.4 is 5.32 Å². The molecule has 1 rings (SSSR count). The van der Waals surface area contributed by atoms with Gasteiger partial charge in [0.2, 0.25) is 10.0 Å². The van der Waals surface area contributed by atoms with Gasteiger partial charge in [-0.2, -0.15) is 0 Å². The average molecular weight is 276 g/mol. The average Bonchev–Trinajstić information content (AvgIpc) is 2.35. The Balaban J connectivity index is 2.24. The molecule has 1 saturated heterocycles. The molecule has 0 aromatic rings. The number of nitrogens with zero attached hydrogens (tertiary/aromatic N) is 1. The molecule has 18 heavy (non-hydrogen) atoms. The van der Waals surface area contributed by atoms with E-state index in [0.717, 1.165) is 19.4 Å². The van der Waals surface area contributed by atoms with E-state index in [2.05, 4.69) is 12.2 Å². The molecule has 0 radical (unpaired) electrons. The van der Waals surface area contributed by atoms with Crippen molar-refractivity contribution in [2.75, 3.05) is 25.4 Å². The van der Waals surface area contributed by atoms with E-state index < -0.39 is 10.0 Å². The minimum absolute atomic E-state index is 0.293. The molecule has 1 fully saturated rings. The summed E-state index contributed by atoms with van der Waals surface area (Å²) >= 11 is 0. The van der Waals surface area contributed by atoms with E-state index in [1.807, 2.05) is 6.92 Å². The van der Waals surface area contributed by atoms with Crippen LogP contribution in [0.3, 0.4) is 0 Å². The van der Waals surface area contributed by atoms with Crippen LogP contribution in [0, 0.1) is 0 Å². The van der Waals surface area contributed by atoms with Crippen LogP contribution >= 0.6 is 0 Å². The Morgan fingerprint density at radius 2 is 1.78 bits per heavy atom. The highest BCUT2D eigenvalue weighted by Crippen LogP contribution is 2.15. The quantitative estimate of drug-likeness (QED) is 0.690. The number of unbranched alkanes of at least 4 members (excludes halogenated alkanes) is 2. The predicted octanol–water partition coefficient (Wildman–Crippen LogP) is 1.97. The van der Waals surface area contributed by atoms with Crippen molar-refractivity contribution in [3.63, 3.8) is 0 Å². The third kappa shape index (κ3) is 5.24. The Labute approximate surface area is 112 Å². The zero-order chi connectivity index (χ0) is 13.4. The summed E-state index contributed by atoms with van der Waals surface area (Å²) in [5.41, 5.74) is 0. The molecule has 0 spiro atoms. The Morgan fingerprint density at radius 3 is 2.33 bits per heavy atom. The number of hydrogen-bond acceptors (Lipinski definition) is 3. The van der Waals surface area contributed by atoms with Crippen LogP contribution in [-0.2, 0) is 10.0 Å². The van der Waals surface area contributed by atoms with E-state index in [1.54, 1.807) is 4.31 Å². The van der Waals surface area contributed by atoms with E-state index in [1.165, 1.54) is 19.3 Å². The fraction of sp³-hybridized carbons (Fsp3) is 1.00. The molecule has 1 aliphatic heterocycles. The first-order valence-electron chi connectivity index (χ1n) is 7.31. The summed E-state index contributed by atoms with van der Waals surface area (Å²) in [5.74, 6) is 0.293. The highest BCUT2D eigenvalue weighted by Gasteiger charge is 2.26. The van der Waals surface area contributed by atoms with Crippen LogP contribution in [0.4, 0.5) is 0 Å². The summed E-state index contributed by atoms with van der Waals surface area (Å²) < 4.78 is 25.5. The minimum Gasteiger partial charge on any atom is -0.314 e. The van der Waals surface area contributed by atoms with Crippen molar-refractivity contribution in [1.29, 1.82) is 0 Å². The first kappa shape index (κ1) is 15.9. The highest BCUT2D eigenvalue weighted by molar-refractivity contribution is 7.89. The number of hydrogen-bond donors (Lipinski definition) is 1. The van der Waals surface area contributed by atoms with E-state index in [9.17, 15) is 8.42 Å². The molecule has 5 heteroatoms. The minimum atomic E-state index is -2.98. The Bertz CT molecular complexity index is 309. The zero-order valence-electron chi connectivity index (χ0n) is 11.8. The molecule has 0 aromatic carbocycles. The second-order valence-corrected chi connectivity index (χ2v) is 7.24. The van der Waals surface area contributed by atoms with Gasteiger partial charge in [0.15, 0.2) is 0 Å². The maximum atomic E-state index is 11.9. The van der Waals surface area contributed by atoms with Crippen LogP contribution in [0.2, 0.25) is 0 Å². The lowest BCUT2D eigenvalue weighted by Gasteiger charge is -2.31. The van der Waals surface area contributed by atoms with Gasteiger partial charge in [-0.15, -0.1) is 0 Å². The Morgan fingerprint density at radius 1 is 1.11 bits per heavy atom. The molecule has 0 bridgehead atoms. The second kappa shape index (κ2) is 8.12.